The minimum absolute atomic E-state index is 0. The van der Waals surface area contributed by atoms with Gasteiger partial charge in [-0.05, 0) is 53.4 Å². The van der Waals surface area contributed by atoms with Crippen LogP contribution in [0.1, 0.15) is 34.1 Å². The van der Waals surface area contributed by atoms with Gasteiger partial charge in [0.2, 0.25) is 0 Å². The first-order valence-corrected chi connectivity index (χ1v) is 10.8. The minimum atomic E-state index is -0.313. The SMILES string of the molecule is Cc1ccccc1-c1cc(C(OCc2ccc(Br)cc2)c2cncn2C)ccc1C#N.Cl. The molecule has 4 nitrogen and oxygen atoms in total. The largest absolute Gasteiger partial charge is 0.363 e. The van der Waals surface area contributed by atoms with Crippen LogP contribution in [0.3, 0.4) is 0 Å². The van der Waals surface area contributed by atoms with E-state index < -0.39 is 0 Å². The molecule has 0 aliphatic carbocycles. The van der Waals surface area contributed by atoms with Crippen molar-refractivity contribution in [2.75, 3.05) is 0 Å². The summed E-state index contributed by atoms with van der Waals surface area (Å²) < 4.78 is 9.42. The standard InChI is InChI=1S/C26H22BrN3O.ClH/c1-18-5-3-4-6-23(18)24-13-20(9-10-21(24)14-28)26(25-15-29-17-30(25)2)31-16-19-7-11-22(27)12-8-19;/h3-13,15,17,26H,16H2,1-2H3;1H. The molecule has 3 aromatic carbocycles. The second-order valence-corrected chi connectivity index (χ2v) is 8.39. The molecule has 0 aliphatic heterocycles. The first-order valence-electron chi connectivity index (χ1n) is 9.99. The Labute approximate surface area is 203 Å². The Kier molecular flexibility index (Phi) is 7.87. The number of benzene rings is 3. The Morgan fingerprint density at radius 2 is 1.81 bits per heavy atom. The van der Waals surface area contributed by atoms with Crippen molar-refractivity contribution in [1.82, 2.24) is 9.55 Å². The number of aryl methyl sites for hydroxylation is 2. The third-order valence-electron chi connectivity index (χ3n) is 5.35. The van der Waals surface area contributed by atoms with Crippen molar-refractivity contribution in [2.45, 2.75) is 19.6 Å². The minimum Gasteiger partial charge on any atom is -0.363 e. The van der Waals surface area contributed by atoms with Crippen LogP contribution in [-0.4, -0.2) is 9.55 Å². The summed E-state index contributed by atoms with van der Waals surface area (Å²) in [6.07, 6.45) is 3.29. The van der Waals surface area contributed by atoms with E-state index in [0.29, 0.717) is 12.2 Å². The highest BCUT2D eigenvalue weighted by atomic mass is 79.9. The van der Waals surface area contributed by atoms with Crippen LogP contribution >= 0.6 is 28.3 Å². The molecular weight excluding hydrogens is 486 g/mol. The second kappa shape index (κ2) is 10.6. The number of nitriles is 1. The second-order valence-electron chi connectivity index (χ2n) is 7.48. The highest BCUT2D eigenvalue weighted by molar-refractivity contribution is 9.10. The first-order chi connectivity index (χ1) is 15.1. The molecule has 0 amide bonds. The lowest BCUT2D eigenvalue weighted by Crippen LogP contribution is -2.11. The Balaban J connectivity index is 0.00000289. The number of halogens is 2. The van der Waals surface area contributed by atoms with Crippen molar-refractivity contribution < 1.29 is 4.74 Å². The molecule has 1 heterocycles. The van der Waals surface area contributed by atoms with Crippen LogP contribution in [0, 0.1) is 18.3 Å². The van der Waals surface area contributed by atoms with Gasteiger partial charge in [-0.1, -0.05) is 58.4 Å². The topological polar surface area (TPSA) is 50.8 Å². The molecule has 32 heavy (non-hydrogen) atoms. The first kappa shape index (κ1) is 23.7. The van der Waals surface area contributed by atoms with Gasteiger partial charge in [0, 0.05) is 17.1 Å². The zero-order valence-corrected chi connectivity index (χ0v) is 20.2. The van der Waals surface area contributed by atoms with E-state index in [9.17, 15) is 5.26 Å². The molecule has 0 fully saturated rings. The molecule has 0 saturated carbocycles. The predicted octanol–water partition coefficient (Wildman–Crippen LogP) is 6.76. The van der Waals surface area contributed by atoms with Crippen LogP contribution in [-0.2, 0) is 18.4 Å². The van der Waals surface area contributed by atoms with Crippen LogP contribution in [0.25, 0.3) is 11.1 Å². The molecule has 0 bridgehead atoms. The van der Waals surface area contributed by atoms with Crippen molar-refractivity contribution in [3.63, 3.8) is 0 Å². The maximum absolute atomic E-state index is 9.70. The highest BCUT2D eigenvalue weighted by Gasteiger charge is 2.20. The normalized spacial score (nSPS) is 11.4. The van der Waals surface area contributed by atoms with Crippen molar-refractivity contribution in [3.8, 4) is 17.2 Å². The molecule has 6 heteroatoms. The number of imidazole rings is 1. The summed E-state index contributed by atoms with van der Waals surface area (Å²) in [6.45, 7) is 2.52. The summed E-state index contributed by atoms with van der Waals surface area (Å²) >= 11 is 3.47. The van der Waals surface area contributed by atoms with E-state index in [0.717, 1.165) is 38.0 Å². The molecule has 0 spiro atoms. The Bertz CT molecular complexity index is 1240. The van der Waals surface area contributed by atoms with Gasteiger partial charge in [-0.3, -0.25) is 0 Å². The van der Waals surface area contributed by atoms with Gasteiger partial charge in [0.1, 0.15) is 6.10 Å². The smallest absolute Gasteiger partial charge is 0.124 e. The van der Waals surface area contributed by atoms with Crippen LogP contribution in [0.15, 0.2) is 83.7 Å². The van der Waals surface area contributed by atoms with Crippen LogP contribution < -0.4 is 0 Å². The fourth-order valence-electron chi connectivity index (χ4n) is 3.65. The van der Waals surface area contributed by atoms with Gasteiger partial charge in [0.15, 0.2) is 0 Å². The van der Waals surface area contributed by atoms with Crippen LogP contribution in [0.5, 0.6) is 0 Å². The number of rotatable bonds is 6. The Hall–Kier alpha value is -2.91. The molecule has 1 unspecified atom stereocenters. The van der Waals surface area contributed by atoms with Gasteiger partial charge in [-0.15, -0.1) is 12.4 Å². The quantitative estimate of drug-likeness (QED) is 0.289. The number of hydrogen-bond donors (Lipinski definition) is 0. The summed E-state index contributed by atoms with van der Waals surface area (Å²) in [5.74, 6) is 0. The third kappa shape index (κ3) is 5.11. The summed E-state index contributed by atoms with van der Waals surface area (Å²) in [6, 6.07) is 24.5. The Morgan fingerprint density at radius 3 is 2.47 bits per heavy atom. The lowest BCUT2D eigenvalue weighted by atomic mass is 9.93. The van der Waals surface area contributed by atoms with E-state index in [1.54, 1.807) is 6.33 Å². The molecular formula is C26H23BrClN3O. The van der Waals surface area contributed by atoms with Crippen molar-refractivity contribution in [3.05, 3.63) is 112 Å². The lowest BCUT2D eigenvalue weighted by Gasteiger charge is -2.21. The highest BCUT2D eigenvalue weighted by Crippen LogP contribution is 2.33. The fraction of sp³-hybridized carbons (Fsp3) is 0.154. The van der Waals surface area contributed by atoms with E-state index in [1.807, 2.05) is 66.3 Å². The van der Waals surface area contributed by atoms with Gasteiger partial charge in [-0.25, -0.2) is 4.98 Å². The Morgan fingerprint density at radius 1 is 1.06 bits per heavy atom. The van der Waals surface area contributed by atoms with E-state index in [4.69, 9.17) is 4.74 Å². The lowest BCUT2D eigenvalue weighted by molar-refractivity contribution is 0.0622. The van der Waals surface area contributed by atoms with Crippen molar-refractivity contribution in [1.29, 1.82) is 5.26 Å². The van der Waals surface area contributed by atoms with E-state index >= 15 is 0 Å². The average molecular weight is 509 g/mol. The van der Waals surface area contributed by atoms with Crippen LogP contribution in [0.4, 0.5) is 0 Å². The zero-order valence-electron chi connectivity index (χ0n) is 17.8. The van der Waals surface area contributed by atoms with Gasteiger partial charge in [-0.2, -0.15) is 5.26 Å². The zero-order chi connectivity index (χ0) is 21.8. The molecule has 1 aromatic heterocycles. The maximum atomic E-state index is 9.70. The molecule has 0 saturated heterocycles. The van der Waals surface area contributed by atoms with Gasteiger partial charge in [0.05, 0.1) is 36.5 Å². The number of hydrogen-bond acceptors (Lipinski definition) is 3. The predicted molar refractivity (Wildman–Crippen MR) is 133 cm³/mol. The summed E-state index contributed by atoms with van der Waals surface area (Å²) in [5, 5.41) is 9.70. The third-order valence-corrected chi connectivity index (χ3v) is 5.88. The summed E-state index contributed by atoms with van der Waals surface area (Å²) in [7, 11) is 1.96. The van der Waals surface area contributed by atoms with E-state index in [-0.39, 0.29) is 18.5 Å². The van der Waals surface area contributed by atoms with E-state index in [1.165, 1.54) is 0 Å². The fourth-order valence-corrected chi connectivity index (χ4v) is 3.92. The molecule has 0 N–H and O–H groups in total. The van der Waals surface area contributed by atoms with Crippen molar-refractivity contribution in [2.24, 2.45) is 7.05 Å². The van der Waals surface area contributed by atoms with Crippen LogP contribution in [0.2, 0.25) is 0 Å². The van der Waals surface area contributed by atoms with Gasteiger partial charge in [0.25, 0.3) is 0 Å². The van der Waals surface area contributed by atoms with E-state index in [2.05, 4.69) is 52.1 Å². The molecule has 1 atom stereocenters. The summed E-state index contributed by atoms with van der Waals surface area (Å²) in [5.41, 5.74) is 6.77. The molecule has 0 aliphatic rings. The maximum Gasteiger partial charge on any atom is 0.124 e. The number of nitrogens with zero attached hydrogens (tertiary/aromatic N) is 3. The monoisotopic (exact) mass is 507 g/mol. The molecule has 0 radical (unpaired) electrons. The molecule has 162 valence electrons. The average Bonchev–Trinajstić information content (AvgIpc) is 3.21. The van der Waals surface area contributed by atoms with Gasteiger partial charge < -0.3 is 9.30 Å². The molecule has 4 aromatic rings. The summed E-state index contributed by atoms with van der Waals surface area (Å²) in [4.78, 5) is 4.29. The van der Waals surface area contributed by atoms with Gasteiger partial charge >= 0.3 is 0 Å². The molecule has 4 rings (SSSR count). The number of ether oxygens (including phenoxy) is 1. The van der Waals surface area contributed by atoms with Crippen molar-refractivity contribution >= 4 is 28.3 Å². The number of aromatic nitrogens is 2.